The summed E-state index contributed by atoms with van der Waals surface area (Å²) in [6, 6.07) is 22.0. The minimum atomic E-state index is -3.88. The number of para-hydroxylation sites is 2. The standard InChI is InChI=1S/C28H32ClN3O5S/c1-4-30-28(34)25(18-21-10-6-5-7-11-21)31(19-22-14-16-23(29)17-15-22)27(33)20-32(38(3,35)36)24-12-8-9-13-26(24)37-2/h5-17,25H,4,18-20H2,1-3H3,(H,30,34)/t25-/m0/s1. The number of carbonyl (C=O) groups excluding carboxylic acids is 2. The van der Waals surface area contributed by atoms with Crippen molar-refractivity contribution in [2.75, 3.05) is 30.8 Å². The van der Waals surface area contributed by atoms with Gasteiger partial charge in [0.05, 0.1) is 19.1 Å². The van der Waals surface area contributed by atoms with Crippen molar-refractivity contribution in [1.82, 2.24) is 10.2 Å². The number of methoxy groups -OCH3 is 1. The Morgan fingerprint density at radius 1 is 0.947 bits per heavy atom. The van der Waals surface area contributed by atoms with E-state index >= 15 is 0 Å². The normalized spacial score (nSPS) is 11.9. The number of sulfonamides is 1. The molecule has 0 radical (unpaired) electrons. The van der Waals surface area contributed by atoms with Crippen LogP contribution < -0.4 is 14.4 Å². The van der Waals surface area contributed by atoms with Crippen molar-refractivity contribution in [2.45, 2.75) is 25.9 Å². The van der Waals surface area contributed by atoms with Gasteiger partial charge >= 0.3 is 0 Å². The lowest BCUT2D eigenvalue weighted by Crippen LogP contribution is -2.53. The molecule has 0 aliphatic heterocycles. The molecule has 38 heavy (non-hydrogen) atoms. The predicted octanol–water partition coefficient (Wildman–Crippen LogP) is 3.89. The zero-order valence-corrected chi connectivity index (χ0v) is 23.2. The molecule has 10 heteroatoms. The lowest BCUT2D eigenvalue weighted by molar-refractivity contribution is -0.140. The molecular formula is C28H32ClN3O5S. The first-order chi connectivity index (χ1) is 18.1. The molecule has 0 heterocycles. The Morgan fingerprint density at radius 3 is 2.18 bits per heavy atom. The van der Waals surface area contributed by atoms with Crippen LogP contribution in [0.1, 0.15) is 18.1 Å². The van der Waals surface area contributed by atoms with Crippen LogP contribution in [0.25, 0.3) is 0 Å². The molecule has 1 N–H and O–H groups in total. The first-order valence-corrected chi connectivity index (χ1v) is 14.3. The van der Waals surface area contributed by atoms with Crippen molar-refractivity contribution in [2.24, 2.45) is 0 Å². The second kappa shape index (κ2) is 13.3. The van der Waals surface area contributed by atoms with Crippen LogP contribution in [0.3, 0.4) is 0 Å². The van der Waals surface area contributed by atoms with Gasteiger partial charge < -0.3 is 15.0 Å². The number of ether oxygens (including phenoxy) is 1. The van der Waals surface area contributed by atoms with Gasteiger partial charge in [-0.25, -0.2) is 8.42 Å². The SMILES string of the molecule is CCNC(=O)[C@H](Cc1ccccc1)N(Cc1ccc(Cl)cc1)C(=O)CN(c1ccccc1OC)S(C)(=O)=O. The molecule has 202 valence electrons. The Hall–Kier alpha value is -3.56. The number of halogens is 1. The lowest BCUT2D eigenvalue weighted by atomic mass is 10.0. The highest BCUT2D eigenvalue weighted by atomic mass is 35.5. The summed E-state index contributed by atoms with van der Waals surface area (Å²) in [5, 5.41) is 3.36. The maximum atomic E-state index is 14.0. The number of carbonyl (C=O) groups is 2. The smallest absolute Gasteiger partial charge is 0.244 e. The summed E-state index contributed by atoms with van der Waals surface area (Å²) < 4.78 is 32.1. The minimum absolute atomic E-state index is 0.0775. The molecular weight excluding hydrogens is 526 g/mol. The molecule has 3 aromatic rings. The van der Waals surface area contributed by atoms with E-state index < -0.39 is 28.5 Å². The van der Waals surface area contributed by atoms with E-state index in [1.165, 1.54) is 12.0 Å². The molecule has 0 bridgehead atoms. The first kappa shape index (κ1) is 29.0. The molecule has 0 aromatic heterocycles. The minimum Gasteiger partial charge on any atom is -0.495 e. The second-order valence-electron chi connectivity index (χ2n) is 8.69. The molecule has 1 atom stereocenters. The van der Waals surface area contributed by atoms with Crippen LogP contribution in [0.5, 0.6) is 5.75 Å². The molecule has 0 spiro atoms. The predicted molar refractivity (Wildman–Crippen MR) is 150 cm³/mol. The van der Waals surface area contributed by atoms with Crippen molar-refractivity contribution in [3.8, 4) is 5.75 Å². The zero-order valence-electron chi connectivity index (χ0n) is 21.6. The van der Waals surface area contributed by atoms with E-state index in [1.54, 1.807) is 55.5 Å². The van der Waals surface area contributed by atoms with Crippen LogP contribution >= 0.6 is 11.6 Å². The van der Waals surface area contributed by atoms with Gasteiger partial charge in [0.1, 0.15) is 18.3 Å². The molecule has 0 aliphatic carbocycles. The number of hydrogen-bond donors (Lipinski definition) is 1. The number of hydrogen-bond acceptors (Lipinski definition) is 5. The van der Waals surface area contributed by atoms with Gasteiger partial charge in [-0.15, -0.1) is 0 Å². The van der Waals surface area contributed by atoms with E-state index in [0.717, 1.165) is 21.7 Å². The Kier molecular flexibility index (Phi) is 10.2. The van der Waals surface area contributed by atoms with E-state index in [-0.39, 0.29) is 24.6 Å². The fraction of sp³-hybridized carbons (Fsp3) is 0.286. The van der Waals surface area contributed by atoms with Gasteiger partial charge in [0.2, 0.25) is 21.8 Å². The number of benzene rings is 3. The van der Waals surface area contributed by atoms with Gasteiger partial charge in [0.15, 0.2) is 0 Å². The molecule has 0 fully saturated rings. The second-order valence-corrected chi connectivity index (χ2v) is 11.0. The number of likely N-dealkylation sites (N-methyl/N-ethyl adjacent to an activating group) is 1. The quantitative estimate of drug-likeness (QED) is 0.364. The number of nitrogens with one attached hydrogen (secondary N) is 1. The van der Waals surface area contributed by atoms with Crippen LogP contribution in [-0.2, 0) is 32.6 Å². The van der Waals surface area contributed by atoms with Crippen LogP contribution in [-0.4, -0.2) is 57.6 Å². The van der Waals surface area contributed by atoms with E-state index in [1.807, 2.05) is 30.3 Å². The van der Waals surface area contributed by atoms with E-state index in [4.69, 9.17) is 16.3 Å². The molecule has 3 aromatic carbocycles. The van der Waals surface area contributed by atoms with E-state index in [0.29, 0.717) is 17.3 Å². The molecule has 3 rings (SSSR count). The van der Waals surface area contributed by atoms with Crippen molar-refractivity contribution < 1.29 is 22.7 Å². The topological polar surface area (TPSA) is 96.0 Å². The fourth-order valence-electron chi connectivity index (χ4n) is 4.06. The van der Waals surface area contributed by atoms with Gasteiger partial charge in [-0.05, 0) is 42.3 Å². The summed E-state index contributed by atoms with van der Waals surface area (Å²) in [4.78, 5) is 28.7. The highest BCUT2D eigenvalue weighted by Crippen LogP contribution is 2.30. The van der Waals surface area contributed by atoms with Gasteiger partial charge in [0, 0.05) is 24.5 Å². The molecule has 0 unspecified atom stereocenters. The lowest BCUT2D eigenvalue weighted by Gasteiger charge is -2.33. The van der Waals surface area contributed by atoms with Crippen LogP contribution in [0, 0.1) is 0 Å². The van der Waals surface area contributed by atoms with E-state index in [2.05, 4.69) is 5.32 Å². The Morgan fingerprint density at radius 2 is 1.58 bits per heavy atom. The molecule has 0 aliphatic rings. The average molecular weight is 558 g/mol. The fourth-order valence-corrected chi connectivity index (χ4v) is 5.04. The highest BCUT2D eigenvalue weighted by Gasteiger charge is 2.33. The molecule has 2 amide bonds. The monoisotopic (exact) mass is 557 g/mol. The third kappa shape index (κ3) is 7.72. The van der Waals surface area contributed by atoms with Crippen molar-refractivity contribution in [3.63, 3.8) is 0 Å². The first-order valence-electron chi connectivity index (χ1n) is 12.1. The highest BCUT2D eigenvalue weighted by molar-refractivity contribution is 7.92. The summed E-state index contributed by atoms with van der Waals surface area (Å²) >= 11 is 6.06. The Balaban J connectivity index is 2.05. The number of anilines is 1. The van der Waals surface area contributed by atoms with Gasteiger partial charge in [-0.2, -0.15) is 0 Å². The van der Waals surface area contributed by atoms with Gasteiger partial charge in [0.25, 0.3) is 0 Å². The summed E-state index contributed by atoms with van der Waals surface area (Å²) in [7, 11) is -2.46. The average Bonchev–Trinajstić information content (AvgIpc) is 2.90. The summed E-state index contributed by atoms with van der Waals surface area (Å²) in [6.45, 7) is 1.74. The van der Waals surface area contributed by atoms with E-state index in [9.17, 15) is 18.0 Å². The van der Waals surface area contributed by atoms with Crippen LogP contribution in [0.2, 0.25) is 5.02 Å². The third-order valence-electron chi connectivity index (χ3n) is 5.92. The number of rotatable bonds is 12. The number of amides is 2. The van der Waals surface area contributed by atoms with Gasteiger partial charge in [-0.1, -0.05) is 66.2 Å². The molecule has 8 nitrogen and oxygen atoms in total. The molecule has 0 saturated carbocycles. The zero-order chi connectivity index (χ0) is 27.7. The van der Waals surface area contributed by atoms with Crippen LogP contribution in [0.15, 0.2) is 78.9 Å². The maximum absolute atomic E-state index is 14.0. The van der Waals surface area contributed by atoms with Crippen molar-refractivity contribution in [3.05, 3.63) is 95.0 Å². The maximum Gasteiger partial charge on any atom is 0.244 e. The Bertz CT molecular complexity index is 1330. The Labute approximate surface area is 229 Å². The number of nitrogens with zero attached hydrogens (tertiary/aromatic N) is 2. The van der Waals surface area contributed by atoms with Crippen molar-refractivity contribution >= 4 is 39.1 Å². The molecule has 0 saturated heterocycles. The summed E-state index contributed by atoms with van der Waals surface area (Å²) in [5.41, 5.74) is 1.84. The summed E-state index contributed by atoms with van der Waals surface area (Å²) in [6.07, 6.45) is 1.28. The van der Waals surface area contributed by atoms with Crippen molar-refractivity contribution in [1.29, 1.82) is 0 Å². The summed E-state index contributed by atoms with van der Waals surface area (Å²) in [5.74, 6) is -0.565. The van der Waals surface area contributed by atoms with Crippen LogP contribution in [0.4, 0.5) is 5.69 Å². The van der Waals surface area contributed by atoms with Gasteiger partial charge in [-0.3, -0.25) is 13.9 Å². The third-order valence-corrected chi connectivity index (χ3v) is 7.30. The largest absolute Gasteiger partial charge is 0.495 e.